The highest BCUT2D eigenvalue weighted by Crippen LogP contribution is 2.38. The Balaban J connectivity index is 2.29. The van der Waals surface area contributed by atoms with E-state index in [0.29, 0.717) is 38.5 Å². The van der Waals surface area contributed by atoms with Crippen LogP contribution in [-0.2, 0) is 0 Å². The molecular formula is C17H14ClN5O2. The van der Waals surface area contributed by atoms with Crippen LogP contribution in [0.3, 0.4) is 0 Å². The van der Waals surface area contributed by atoms with Gasteiger partial charge in [0.15, 0.2) is 5.96 Å². The molecule has 25 heavy (non-hydrogen) atoms. The Hall–Kier alpha value is -3.19. The maximum atomic E-state index is 12.1. The van der Waals surface area contributed by atoms with Gasteiger partial charge in [-0.05, 0) is 30.3 Å². The maximum absolute atomic E-state index is 12.1. The molecule has 3 aromatic rings. The van der Waals surface area contributed by atoms with Crippen molar-refractivity contribution < 1.29 is 9.53 Å². The first kappa shape index (κ1) is 16.7. The van der Waals surface area contributed by atoms with E-state index in [1.54, 1.807) is 36.7 Å². The summed E-state index contributed by atoms with van der Waals surface area (Å²) in [6, 6.07) is 8.55. The number of pyridine rings is 2. The average molecular weight is 356 g/mol. The van der Waals surface area contributed by atoms with Gasteiger partial charge < -0.3 is 16.2 Å². The van der Waals surface area contributed by atoms with E-state index in [-0.39, 0.29) is 5.96 Å². The number of methoxy groups -OCH3 is 1. The standard InChI is InChI=1S/C17H14ClN5O2/c1-25-16-10(3-2-6-21-16)14-11-7-9(15(24)23-17(19)20)4-5-13(11)22-8-12(14)18/h2-8H,1H3,(H4,19,20,23,24). The molecule has 4 N–H and O–H groups in total. The van der Waals surface area contributed by atoms with E-state index in [1.165, 1.54) is 7.11 Å². The molecular weight excluding hydrogens is 342 g/mol. The highest BCUT2D eigenvalue weighted by atomic mass is 35.5. The number of fused-ring (bicyclic) bond motifs is 1. The third kappa shape index (κ3) is 3.22. The van der Waals surface area contributed by atoms with Gasteiger partial charge in [-0.2, -0.15) is 4.99 Å². The number of aliphatic imine (C=N–C) groups is 1. The fourth-order valence-corrected chi connectivity index (χ4v) is 2.75. The normalized spacial score (nSPS) is 10.5. The second-order valence-corrected chi connectivity index (χ2v) is 5.52. The number of aromatic nitrogens is 2. The molecule has 0 radical (unpaired) electrons. The predicted molar refractivity (Wildman–Crippen MR) is 96.7 cm³/mol. The number of rotatable bonds is 3. The Labute approximate surface area is 148 Å². The van der Waals surface area contributed by atoms with Crippen molar-refractivity contribution in [1.82, 2.24) is 9.97 Å². The zero-order valence-electron chi connectivity index (χ0n) is 13.2. The van der Waals surface area contributed by atoms with E-state index < -0.39 is 5.91 Å². The fourth-order valence-electron chi connectivity index (χ4n) is 2.50. The average Bonchev–Trinajstić information content (AvgIpc) is 2.60. The molecule has 0 saturated heterocycles. The lowest BCUT2D eigenvalue weighted by Crippen LogP contribution is -2.24. The number of halogens is 1. The largest absolute Gasteiger partial charge is 0.481 e. The van der Waals surface area contributed by atoms with E-state index in [2.05, 4.69) is 15.0 Å². The SMILES string of the molecule is COc1ncccc1-c1c(Cl)cnc2ccc(C(=O)N=C(N)N)cc12. The molecule has 0 saturated carbocycles. The first-order valence-electron chi connectivity index (χ1n) is 7.23. The Morgan fingerprint density at radius 1 is 1.24 bits per heavy atom. The molecule has 0 unspecified atom stereocenters. The maximum Gasteiger partial charge on any atom is 0.280 e. The highest BCUT2D eigenvalue weighted by molar-refractivity contribution is 6.35. The fraction of sp³-hybridized carbons (Fsp3) is 0.0588. The molecule has 0 atom stereocenters. The van der Waals surface area contributed by atoms with Crippen LogP contribution in [0.2, 0.25) is 5.02 Å². The number of carbonyl (C=O) groups is 1. The number of nitrogens with zero attached hydrogens (tertiary/aromatic N) is 3. The number of hydrogen-bond donors (Lipinski definition) is 2. The van der Waals surface area contributed by atoms with E-state index in [9.17, 15) is 4.79 Å². The number of guanidine groups is 1. The number of ether oxygens (including phenoxy) is 1. The van der Waals surface area contributed by atoms with E-state index in [0.717, 1.165) is 0 Å². The number of carbonyl (C=O) groups excluding carboxylic acids is 1. The molecule has 2 aromatic heterocycles. The van der Waals surface area contributed by atoms with Crippen molar-refractivity contribution in [3.05, 3.63) is 53.3 Å². The van der Waals surface area contributed by atoms with Crippen molar-refractivity contribution in [2.45, 2.75) is 0 Å². The molecule has 0 aliphatic rings. The lowest BCUT2D eigenvalue weighted by Gasteiger charge is -2.12. The van der Waals surface area contributed by atoms with Gasteiger partial charge in [-0.1, -0.05) is 11.6 Å². The van der Waals surface area contributed by atoms with Crippen LogP contribution in [0.15, 0.2) is 47.7 Å². The molecule has 0 aliphatic heterocycles. The van der Waals surface area contributed by atoms with Crippen molar-refractivity contribution in [2.24, 2.45) is 16.5 Å². The van der Waals surface area contributed by atoms with Crippen LogP contribution >= 0.6 is 11.6 Å². The molecule has 3 rings (SSSR count). The summed E-state index contributed by atoms with van der Waals surface area (Å²) in [6.45, 7) is 0. The van der Waals surface area contributed by atoms with Crippen LogP contribution in [0.5, 0.6) is 5.88 Å². The van der Waals surface area contributed by atoms with Gasteiger partial charge in [0.25, 0.3) is 5.91 Å². The van der Waals surface area contributed by atoms with Crippen LogP contribution < -0.4 is 16.2 Å². The van der Waals surface area contributed by atoms with Crippen molar-refractivity contribution in [2.75, 3.05) is 7.11 Å². The summed E-state index contributed by atoms with van der Waals surface area (Å²) in [4.78, 5) is 24.2. The van der Waals surface area contributed by atoms with Crippen LogP contribution in [0.25, 0.3) is 22.0 Å². The summed E-state index contributed by atoms with van der Waals surface area (Å²) in [6.07, 6.45) is 3.16. The summed E-state index contributed by atoms with van der Waals surface area (Å²) in [7, 11) is 1.52. The Kier molecular flexibility index (Phi) is 4.49. The topological polar surface area (TPSA) is 116 Å². The summed E-state index contributed by atoms with van der Waals surface area (Å²) in [5.74, 6) is -0.438. The third-order valence-electron chi connectivity index (χ3n) is 3.53. The lowest BCUT2D eigenvalue weighted by atomic mass is 10.00. The van der Waals surface area contributed by atoms with E-state index in [1.807, 2.05) is 6.07 Å². The lowest BCUT2D eigenvalue weighted by molar-refractivity contribution is 0.100. The van der Waals surface area contributed by atoms with Gasteiger partial charge >= 0.3 is 0 Å². The van der Waals surface area contributed by atoms with Gasteiger partial charge in [0.05, 0.1) is 17.6 Å². The molecule has 1 amide bonds. The van der Waals surface area contributed by atoms with Gasteiger partial charge in [-0.25, -0.2) is 4.98 Å². The summed E-state index contributed by atoms with van der Waals surface area (Å²) < 4.78 is 5.32. The van der Waals surface area contributed by atoms with Gasteiger partial charge in [-0.15, -0.1) is 0 Å². The minimum atomic E-state index is -0.550. The van der Waals surface area contributed by atoms with E-state index >= 15 is 0 Å². The molecule has 0 aliphatic carbocycles. The predicted octanol–water partition coefficient (Wildman–Crippen LogP) is 2.37. The number of amides is 1. The van der Waals surface area contributed by atoms with Gasteiger partial charge in [0.1, 0.15) is 0 Å². The minimum absolute atomic E-state index is 0.302. The molecule has 126 valence electrons. The summed E-state index contributed by atoms with van der Waals surface area (Å²) in [5.41, 5.74) is 12.9. The van der Waals surface area contributed by atoms with E-state index in [4.69, 9.17) is 27.8 Å². The van der Waals surface area contributed by atoms with Crippen LogP contribution in [0, 0.1) is 0 Å². The number of nitrogens with two attached hydrogens (primary N) is 2. The molecule has 1 aromatic carbocycles. The van der Waals surface area contributed by atoms with Crippen molar-refractivity contribution in [3.8, 4) is 17.0 Å². The van der Waals surface area contributed by atoms with Crippen LogP contribution in [0.4, 0.5) is 0 Å². The molecule has 0 fully saturated rings. The van der Waals surface area contributed by atoms with Gasteiger partial charge in [-0.3, -0.25) is 9.78 Å². The summed E-state index contributed by atoms with van der Waals surface area (Å²) >= 11 is 6.38. The van der Waals surface area contributed by atoms with Crippen molar-refractivity contribution in [3.63, 3.8) is 0 Å². The molecule has 0 bridgehead atoms. The highest BCUT2D eigenvalue weighted by Gasteiger charge is 2.16. The zero-order chi connectivity index (χ0) is 18.0. The monoisotopic (exact) mass is 355 g/mol. The second-order valence-electron chi connectivity index (χ2n) is 5.12. The number of hydrogen-bond acceptors (Lipinski definition) is 4. The Bertz CT molecular complexity index is 999. The van der Waals surface area contributed by atoms with Crippen LogP contribution in [-0.4, -0.2) is 28.9 Å². The molecule has 0 spiro atoms. The van der Waals surface area contributed by atoms with Gasteiger partial charge in [0, 0.05) is 34.5 Å². The first-order valence-corrected chi connectivity index (χ1v) is 7.60. The zero-order valence-corrected chi connectivity index (χ0v) is 14.0. The summed E-state index contributed by atoms with van der Waals surface area (Å²) in [5, 5.41) is 1.07. The Morgan fingerprint density at radius 3 is 2.76 bits per heavy atom. The number of benzene rings is 1. The smallest absolute Gasteiger partial charge is 0.280 e. The van der Waals surface area contributed by atoms with Crippen molar-refractivity contribution >= 4 is 34.4 Å². The second kappa shape index (κ2) is 6.74. The quantitative estimate of drug-likeness (QED) is 0.550. The van der Waals surface area contributed by atoms with Gasteiger partial charge in [0.2, 0.25) is 5.88 Å². The first-order chi connectivity index (χ1) is 12.0. The molecule has 2 heterocycles. The molecule has 8 heteroatoms. The third-order valence-corrected chi connectivity index (χ3v) is 3.82. The minimum Gasteiger partial charge on any atom is -0.481 e. The molecule has 7 nitrogen and oxygen atoms in total. The van der Waals surface area contributed by atoms with Crippen molar-refractivity contribution in [1.29, 1.82) is 0 Å². The Morgan fingerprint density at radius 2 is 2.04 bits per heavy atom. The van der Waals surface area contributed by atoms with Crippen LogP contribution in [0.1, 0.15) is 10.4 Å².